The fraction of sp³-hybridized carbons (Fsp3) is 0.0476. The SMILES string of the molecule is C1=C(c2ccc3c4ccccc4n(-c4ccc(-c5ccccc5)cc4)c3c2)CCc2c1c1ccccc1n2-c1ccccc1. The molecule has 0 atom stereocenters. The zero-order chi connectivity index (χ0) is 29.0. The van der Waals surface area contributed by atoms with Gasteiger partial charge in [0.1, 0.15) is 0 Å². The van der Waals surface area contributed by atoms with Crippen molar-refractivity contribution in [3.8, 4) is 22.5 Å². The van der Waals surface area contributed by atoms with Crippen LogP contribution < -0.4 is 0 Å². The van der Waals surface area contributed by atoms with E-state index in [4.69, 9.17) is 0 Å². The minimum atomic E-state index is 1.01. The summed E-state index contributed by atoms with van der Waals surface area (Å²) in [6.07, 6.45) is 4.46. The Balaban J connectivity index is 1.20. The first-order chi connectivity index (χ1) is 21.8. The van der Waals surface area contributed by atoms with Crippen LogP contribution in [0, 0.1) is 0 Å². The summed E-state index contributed by atoms with van der Waals surface area (Å²) in [5.74, 6) is 0. The first-order valence-electron chi connectivity index (χ1n) is 15.4. The van der Waals surface area contributed by atoms with E-state index >= 15 is 0 Å². The lowest BCUT2D eigenvalue weighted by molar-refractivity contribution is 0.898. The van der Waals surface area contributed by atoms with E-state index in [0.717, 1.165) is 12.8 Å². The molecule has 0 amide bonds. The number of hydrogen-bond donors (Lipinski definition) is 0. The Hall–Kier alpha value is -5.60. The number of benzene rings is 6. The number of allylic oxidation sites excluding steroid dienone is 1. The predicted octanol–water partition coefficient (Wildman–Crippen LogP) is 10.9. The van der Waals surface area contributed by atoms with Crippen LogP contribution in [-0.4, -0.2) is 9.13 Å². The molecule has 8 aromatic rings. The van der Waals surface area contributed by atoms with Gasteiger partial charge >= 0.3 is 0 Å². The second-order valence-electron chi connectivity index (χ2n) is 11.7. The largest absolute Gasteiger partial charge is 0.313 e. The molecule has 0 saturated heterocycles. The molecule has 2 heteroatoms. The van der Waals surface area contributed by atoms with Gasteiger partial charge in [-0.1, -0.05) is 109 Å². The Kier molecular flexibility index (Phi) is 5.67. The average molecular weight is 563 g/mol. The molecule has 2 heterocycles. The Bertz CT molecular complexity index is 2350. The van der Waals surface area contributed by atoms with Crippen molar-refractivity contribution < 1.29 is 0 Å². The van der Waals surface area contributed by atoms with E-state index in [1.54, 1.807) is 0 Å². The van der Waals surface area contributed by atoms with Gasteiger partial charge in [0.2, 0.25) is 0 Å². The Labute approximate surface area is 256 Å². The summed E-state index contributed by atoms with van der Waals surface area (Å²) in [6, 6.07) is 55.0. The zero-order valence-electron chi connectivity index (χ0n) is 24.3. The van der Waals surface area contributed by atoms with Gasteiger partial charge < -0.3 is 9.13 Å². The summed E-state index contributed by atoms with van der Waals surface area (Å²) in [4.78, 5) is 0. The van der Waals surface area contributed by atoms with Gasteiger partial charge in [0.15, 0.2) is 0 Å². The standard InChI is InChI=1S/C42H30N2/c1-3-11-29(12-4-1)30-19-23-34(24-20-30)44-39-17-9-7-15-35(39)37-25-21-32(28-42(37)44)31-22-26-41-38(27-31)36-16-8-10-18-40(36)43(41)33-13-5-2-6-14-33/h1-21,23-25,27-28H,22,26H2. The predicted molar refractivity (Wildman–Crippen MR) is 186 cm³/mol. The van der Waals surface area contributed by atoms with Gasteiger partial charge in [0.25, 0.3) is 0 Å². The smallest absolute Gasteiger partial charge is 0.0547 e. The Morgan fingerprint density at radius 3 is 1.73 bits per heavy atom. The summed E-state index contributed by atoms with van der Waals surface area (Å²) in [6.45, 7) is 0. The molecule has 0 N–H and O–H groups in total. The molecule has 0 aliphatic heterocycles. The highest BCUT2D eigenvalue weighted by Crippen LogP contribution is 2.40. The van der Waals surface area contributed by atoms with E-state index in [9.17, 15) is 0 Å². The van der Waals surface area contributed by atoms with Crippen molar-refractivity contribution >= 4 is 44.4 Å². The molecule has 6 aromatic carbocycles. The molecule has 1 aliphatic carbocycles. The second kappa shape index (κ2) is 10.00. The maximum Gasteiger partial charge on any atom is 0.0547 e. The molecule has 9 rings (SSSR count). The van der Waals surface area contributed by atoms with Crippen molar-refractivity contribution in [3.05, 3.63) is 168 Å². The molecular weight excluding hydrogens is 532 g/mol. The number of nitrogens with zero attached hydrogens (tertiary/aromatic N) is 2. The topological polar surface area (TPSA) is 9.86 Å². The fourth-order valence-corrected chi connectivity index (χ4v) is 7.21. The maximum atomic E-state index is 2.46. The lowest BCUT2D eigenvalue weighted by Gasteiger charge is -2.18. The highest BCUT2D eigenvalue weighted by molar-refractivity contribution is 6.10. The van der Waals surface area contributed by atoms with Crippen LogP contribution in [0.25, 0.3) is 66.9 Å². The Morgan fingerprint density at radius 1 is 0.386 bits per heavy atom. The molecular formula is C42H30N2. The quantitative estimate of drug-likeness (QED) is 0.202. The van der Waals surface area contributed by atoms with E-state index in [-0.39, 0.29) is 0 Å². The Morgan fingerprint density at radius 2 is 0.955 bits per heavy atom. The molecule has 0 bridgehead atoms. The lowest BCUT2D eigenvalue weighted by Crippen LogP contribution is -2.05. The minimum Gasteiger partial charge on any atom is -0.313 e. The van der Waals surface area contributed by atoms with Crippen molar-refractivity contribution in [3.63, 3.8) is 0 Å². The third kappa shape index (κ3) is 3.88. The van der Waals surface area contributed by atoms with Crippen molar-refractivity contribution in [1.29, 1.82) is 0 Å². The van der Waals surface area contributed by atoms with Crippen LogP contribution in [0.3, 0.4) is 0 Å². The van der Waals surface area contributed by atoms with Gasteiger partial charge in [-0.3, -0.25) is 0 Å². The van der Waals surface area contributed by atoms with Crippen LogP contribution in [0.2, 0.25) is 0 Å². The van der Waals surface area contributed by atoms with Gasteiger partial charge in [-0.05, 0) is 83.6 Å². The van der Waals surface area contributed by atoms with Crippen molar-refractivity contribution in [2.24, 2.45) is 0 Å². The van der Waals surface area contributed by atoms with Gasteiger partial charge in [0.05, 0.1) is 16.6 Å². The highest BCUT2D eigenvalue weighted by atomic mass is 15.0. The van der Waals surface area contributed by atoms with Crippen molar-refractivity contribution in [2.75, 3.05) is 0 Å². The summed E-state index contributed by atoms with van der Waals surface area (Å²) >= 11 is 0. The molecule has 0 spiro atoms. The van der Waals surface area contributed by atoms with E-state index < -0.39 is 0 Å². The number of rotatable bonds is 4. The van der Waals surface area contributed by atoms with Crippen LogP contribution in [0.15, 0.2) is 152 Å². The molecule has 2 aromatic heterocycles. The molecule has 0 saturated carbocycles. The minimum absolute atomic E-state index is 1.01. The van der Waals surface area contributed by atoms with Gasteiger partial charge in [0, 0.05) is 38.8 Å². The first kappa shape index (κ1) is 24.9. The van der Waals surface area contributed by atoms with Crippen molar-refractivity contribution in [2.45, 2.75) is 12.8 Å². The van der Waals surface area contributed by atoms with Gasteiger partial charge in [-0.2, -0.15) is 0 Å². The fourth-order valence-electron chi connectivity index (χ4n) is 7.21. The summed E-state index contributed by atoms with van der Waals surface area (Å²) in [5, 5.41) is 3.89. The molecule has 208 valence electrons. The van der Waals surface area contributed by atoms with Crippen LogP contribution in [0.4, 0.5) is 0 Å². The summed E-state index contributed by atoms with van der Waals surface area (Å²) < 4.78 is 4.89. The summed E-state index contributed by atoms with van der Waals surface area (Å²) in [5.41, 5.74) is 14.1. The third-order valence-electron chi connectivity index (χ3n) is 9.26. The molecule has 0 unspecified atom stereocenters. The highest BCUT2D eigenvalue weighted by Gasteiger charge is 2.22. The third-order valence-corrected chi connectivity index (χ3v) is 9.26. The van der Waals surface area contributed by atoms with Gasteiger partial charge in [-0.25, -0.2) is 0 Å². The van der Waals surface area contributed by atoms with Crippen LogP contribution in [0.5, 0.6) is 0 Å². The monoisotopic (exact) mass is 562 g/mol. The van der Waals surface area contributed by atoms with Crippen LogP contribution in [0.1, 0.15) is 23.2 Å². The average Bonchev–Trinajstić information content (AvgIpc) is 3.61. The van der Waals surface area contributed by atoms with Gasteiger partial charge in [-0.15, -0.1) is 0 Å². The van der Waals surface area contributed by atoms with Crippen LogP contribution in [-0.2, 0) is 6.42 Å². The first-order valence-corrected chi connectivity index (χ1v) is 15.4. The maximum absolute atomic E-state index is 2.46. The molecule has 2 nitrogen and oxygen atoms in total. The van der Waals surface area contributed by atoms with E-state index in [2.05, 4.69) is 167 Å². The number of fused-ring (bicyclic) bond motifs is 6. The van der Waals surface area contributed by atoms with E-state index in [1.807, 2.05) is 0 Å². The molecule has 0 fully saturated rings. The van der Waals surface area contributed by atoms with E-state index in [0.29, 0.717) is 0 Å². The molecule has 44 heavy (non-hydrogen) atoms. The zero-order valence-corrected chi connectivity index (χ0v) is 24.3. The lowest BCUT2D eigenvalue weighted by atomic mass is 9.91. The van der Waals surface area contributed by atoms with Crippen LogP contribution >= 0.6 is 0 Å². The second-order valence-corrected chi connectivity index (χ2v) is 11.7. The summed E-state index contributed by atoms with van der Waals surface area (Å²) in [7, 11) is 0. The normalized spacial score (nSPS) is 13.0. The van der Waals surface area contributed by atoms with Crippen molar-refractivity contribution in [1.82, 2.24) is 9.13 Å². The van der Waals surface area contributed by atoms with E-state index in [1.165, 1.54) is 77.6 Å². The number of para-hydroxylation sites is 3. The molecule has 0 radical (unpaired) electrons. The number of hydrogen-bond acceptors (Lipinski definition) is 0. The number of aromatic nitrogens is 2. The molecule has 1 aliphatic rings.